The number of carbonyl (C=O) groups excluding carboxylic acids is 1. The summed E-state index contributed by atoms with van der Waals surface area (Å²) in [6.45, 7) is 2.96. The van der Waals surface area contributed by atoms with Crippen LogP contribution in [0.25, 0.3) is 0 Å². The summed E-state index contributed by atoms with van der Waals surface area (Å²) in [5.41, 5.74) is 0.693. The lowest BCUT2D eigenvalue weighted by molar-refractivity contribution is 0.0953. The Balaban J connectivity index is 2.35. The highest BCUT2D eigenvalue weighted by atomic mass is 127. The molecule has 0 heterocycles. The van der Waals surface area contributed by atoms with E-state index in [-0.39, 0.29) is 5.91 Å². The van der Waals surface area contributed by atoms with Gasteiger partial charge in [0.25, 0.3) is 5.91 Å². The van der Waals surface area contributed by atoms with Gasteiger partial charge in [-0.25, -0.2) is 0 Å². The van der Waals surface area contributed by atoms with Gasteiger partial charge in [-0.2, -0.15) is 0 Å². The molecule has 1 aromatic carbocycles. The van der Waals surface area contributed by atoms with E-state index in [9.17, 15) is 4.79 Å². The summed E-state index contributed by atoms with van der Waals surface area (Å²) >= 11 is 2.17. The second-order valence-electron chi connectivity index (χ2n) is 4.52. The quantitative estimate of drug-likeness (QED) is 0.551. The van der Waals surface area contributed by atoms with Gasteiger partial charge in [-0.1, -0.05) is 32.6 Å². The first-order valence-corrected chi connectivity index (χ1v) is 7.88. The molecule has 0 aliphatic heterocycles. The van der Waals surface area contributed by atoms with Crippen molar-refractivity contribution in [3.63, 3.8) is 0 Å². The molecule has 0 unspecified atom stereocenters. The first-order valence-electron chi connectivity index (χ1n) is 6.80. The van der Waals surface area contributed by atoms with E-state index in [1.165, 1.54) is 25.7 Å². The zero-order valence-electron chi connectivity index (χ0n) is 11.7. The summed E-state index contributed by atoms with van der Waals surface area (Å²) in [4.78, 5) is 11.9. The van der Waals surface area contributed by atoms with Crippen LogP contribution in [0.15, 0.2) is 18.2 Å². The molecule has 1 amide bonds. The topological polar surface area (TPSA) is 38.3 Å². The van der Waals surface area contributed by atoms with E-state index in [1.54, 1.807) is 13.2 Å². The number of carbonyl (C=O) groups is 1. The van der Waals surface area contributed by atoms with Crippen molar-refractivity contribution in [3.05, 3.63) is 27.3 Å². The monoisotopic (exact) mass is 375 g/mol. The molecule has 0 saturated carbocycles. The zero-order chi connectivity index (χ0) is 14.1. The number of hydrogen-bond acceptors (Lipinski definition) is 2. The van der Waals surface area contributed by atoms with Gasteiger partial charge in [0.2, 0.25) is 0 Å². The maximum absolute atomic E-state index is 11.9. The molecule has 4 heteroatoms. The Bertz CT molecular complexity index is 407. The van der Waals surface area contributed by atoms with Crippen LogP contribution in [0.4, 0.5) is 0 Å². The molecule has 19 heavy (non-hydrogen) atoms. The summed E-state index contributed by atoms with van der Waals surface area (Å²) in [6.07, 6.45) is 6.03. The Morgan fingerprint density at radius 2 is 2.00 bits per heavy atom. The molecule has 0 radical (unpaired) electrons. The molecule has 0 fully saturated rings. The molecule has 0 bridgehead atoms. The number of unbranched alkanes of at least 4 members (excludes halogenated alkanes) is 4. The Morgan fingerprint density at radius 3 is 2.63 bits per heavy atom. The van der Waals surface area contributed by atoms with E-state index in [4.69, 9.17) is 4.74 Å². The van der Waals surface area contributed by atoms with Gasteiger partial charge in [0.1, 0.15) is 5.75 Å². The lowest BCUT2D eigenvalue weighted by Gasteiger charge is -2.07. The summed E-state index contributed by atoms with van der Waals surface area (Å²) in [6, 6.07) is 5.48. The highest BCUT2D eigenvalue weighted by Gasteiger charge is 2.07. The van der Waals surface area contributed by atoms with Crippen molar-refractivity contribution in [1.29, 1.82) is 0 Å². The fourth-order valence-electron chi connectivity index (χ4n) is 1.84. The van der Waals surface area contributed by atoms with Crippen LogP contribution in [0.1, 0.15) is 49.4 Å². The van der Waals surface area contributed by atoms with Gasteiger partial charge in [0.05, 0.1) is 10.7 Å². The van der Waals surface area contributed by atoms with Gasteiger partial charge < -0.3 is 10.1 Å². The van der Waals surface area contributed by atoms with E-state index in [0.29, 0.717) is 5.56 Å². The third kappa shape index (κ3) is 5.80. The van der Waals surface area contributed by atoms with Gasteiger partial charge in [-0.3, -0.25) is 4.79 Å². The van der Waals surface area contributed by atoms with Gasteiger partial charge in [-0.15, -0.1) is 0 Å². The molecule has 1 aromatic rings. The van der Waals surface area contributed by atoms with Crippen LogP contribution in [0.5, 0.6) is 5.75 Å². The van der Waals surface area contributed by atoms with Gasteiger partial charge in [-0.05, 0) is 47.2 Å². The minimum absolute atomic E-state index is 0.00365. The highest BCUT2D eigenvalue weighted by molar-refractivity contribution is 14.1. The Hall–Kier alpha value is -0.780. The lowest BCUT2D eigenvalue weighted by Crippen LogP contribution is -2.24. The molecular formula is C15H22INO2. The second kappa shape index (κ2) is 9.18. The molecule has 0 spiro atoms. The van der Waals surface area contributed by atoms with Crippen LogP contribution in [0.2, 0.25) is 0 Å². The maximum atomic E-state index is 11.9. The fraction of sp³-hybridized carbons (Fsp3) is 0.533. The van der Waals surface area contributed by atoms with Crippen molar-refractivity contribution in [2.75, 3.05) is 13.7 Å². The summed E-state index contributed by atoms with van der Waals surface area (Å²) in [5.74, 6) is 0.799. The van der Waals surface area contributed by atoms with E-state index in [2.05, 4.69) is 34.8 Å². The van der Waals surface area contributed by atoms with Gasteiger partial charge >= 0.3 is 0 Å². The number of halogens is 1. The second-order valence-corrected chi connectivity index (χ2v) is 5.68. The number of nitrogens with one attached hydrogen (secondary N) is 1. The van der Waals surface area contributed by atoms with Gasteiger partial charge in [0, 0.05) is 12.1 Å². The molecule has 0 atom stereocenters. The average molecular weight is 375 g/mol. The van der Waals surface area contributed by atoms with E-state index in [0.717, 1.165) is 22.3 Å². The first kappa shape index (κ1) is 16.3. The average Bonchev–Trinajstić information content (AvgIpc) is 2.42. The molecule has 1 N–H and O–H groups in total. The third-order valence-electron chi connectivity index (χ3n) is 2.98. The minimum atomic E-state index is -0.00365. The molecular weight excluding hydrogens is 353 g/mol. The summed E-state index contributed by atoms with van der Waals surface area (Å²) in [7, 11) is 1.63. The zero-order valence-corrected chi connectivity index (χ0v) is 13.8. The smallest absolute Gasteiger partial charge is 0.251 e. The highest BCUT2D eigenvalue weighted by Crippen LogP contribution is 2.21. The number of hydrogen-bond donors (Lipinski definition) is 1. The number of rotatable bonds is 8. The largest absolute Gasteiger partial charge is 0.496 e. The standard InChI is InChI=1S/C15H22INO2/c1-3-4-5-6-7-10-17-15(18)12-8-9-14(19-2)13(16)11-12/h8-9,11H,3-7,10H2,1-2H3,(H,17,18). The van der Waals surface area contributed by atoms with Crippen molar-refractivity contribution < 1.29 is 9.53 Å². The molecule has 3 nitrogen and oxygen atoms in total. The van der Waals surface area contributed by atoms with Crippen LogP contribution in [-0.4, -0.2) is 19.6 Å². The van der Waals surface area contributed by atoms with Crippen molar-refractivity contribution >= 4 is 28.5 Å². The van der Waals surface area contributed by atoms with Crippen LogP contribution < -0.4 is 10.1 Å². The minimum Gasteiger partial charge on any atom is -0.496 e. The van der Waals surface area contributed by atoms with Crippen LogP contribution in [0.3, 0.4) is 0 Å². The number of methoxy groups -OCH3 is 1. The Morgan fingerprint density at radius 1 is 1.26 bits per heavy atom. The van der Waals surface area contributed by atoms with Gasteiger partial charge in [0.15, 0.2) is 0 Å². The summed E-state index contributed by atoms with van der Waals surface area (Å²) < 4.78 is 6.13. The molecule has 0 aliphatic carbocycles. The van der Waals surface area contributed by atoms with E-state index in [1.807, 2.05) is 12.1 Å². The molecule has 0 saturated heterocycles. The normalized spacial score (nSPS) is 10.3. The van der Waals surface area contributed by atoms with Crippen LogP contribution >= 0.6 is 22.6 Å². The Labute approximate surface area is 129 Å². The van der Waals surface area contributed by atoms with E-state index < -0.39 is 0 Å². The van der Waals surface area contributed by atoms with Crippen LogP contribution in [0, 0.1) is 3.57 Å². The van der Waals surface area contributed by atoms with E-state index >= 15 is 0 Å². The molecule has 0 aliphatic rings. The van der Waals surface area contributed by atoms with Crippen molar-refractivity contribution in [2.24, 2.45) is 0 Å². The predicted octanol–water partition coefficient (Wildman–Crippen LogP) is 4.00. The van der Waals surface area contributed by atoms with Crippen molar-refractivity contribution in [1.82, 2.24) is 5.32 Å². The maximum Gasteiger partial charge on any atom is 0.251 e. The number of benzene rings is 1. The van der Waals surface area contributed by atoms with Crippen LogP contribution in [-0.2, 0) is 0 Å². The molecule has 1 rings (SSSR count). The third-order valence-corrected chi connectivity index (χ3v) is 3.82. The number of ether oxygens (including phenoxy) is 1. The molecule has 0 aromatic heterocycles. The molecule has 106 valence electrons. The SMILES string of the molecule is CCCCCCCNC(=O)c1ccc(OC)c(I)c1. The van der Waals surface area contributed by atoms with Crippen molar-refractivity contribution in [2.45, 2.75) is 39.0 Å². The fourth-order valence-corrected chi connectivity index (χ4v) is 2.58. The summed E-state index contributed by atoms with van der Waals surface area (Å²) in [5, 5.41) is 2.96. The predicted molar refractivity (Wildman–Crippen MR) is 86.8 cm³/mol. The lowest BCUT2D eigenvalue weighted by atomic mass is 10.1. The van der Waals surface area contributed by atoms with Crippen molar-refractivity contribution in [3.8, 4) is 5.75 Å². The Kier molecular flexibility index (Phi) is 7.86. The number of amides is 1. The first-order chi connectivity index (χ1) is 9.19.